The van der Waals surface area contributed by atoms with Crippen LogP contribution in [0.3, 0.4) is 0 Å². The number of hydrogen-bond donors (Lipinski definition) is 3. The van der Waals surface area contributed by atoms with Gasteiger partial charge in [-0.1, -0.05) is 65.7 Å². The van der Waals surface area contributed by atoms with Gasteiger partial charge in [0.05, 0.1) is 29.9 Å². The van der Waals surface area contributed by atoms with Crippen molar-refractivity contribution in [3.8, 4) is 11.6 Å². The lowest BCUT2D eigenvalue weighted by molar-refractivity contribution is -0.143. The molecular formula is C42H58N6O9S. The van der Waals surface area contributed by atoms with Gasteiger partial charge in [0.25, 0.3) is 5.91 Å². The summed E-state index contributed by atoms with van der Waals surface area (Å²) in [6.07, 6.45) is 9.58. The number of nitrogens with zero attached hydrogens (tertiary/aromatic N) is 3. The molecular weight excluding hydrogens is 765 g/mol. The SMILES string of the molecule is C=CC1C=CC1(NC(=O)C1CC(Oc2nc3cc(OC)ccc3nc2CCC)CN1C(=O)C(NC(=O)OC1CCCC1CCC)C(C)(C)C)C(=O)NS(=O)(=O)C1CC1. The highest BCUT2D eigenvalue weighted by Gasteiger charge is 2.53. The van der Waals surface area contributed by atoms with Gasteiger partial charge in [0.1, 0.15) is 41.3 Å². The molecule has 1 aliphatic heterocycles. The zero-order chi connectivity index (χ0) is 42.0. The van der Waals surface area contributed by atoms with Crippen LogP contribution in [0.2, 0.25) is 0 Å². The quantitative estimate of drug-likeness (QED) is 0.195. The van der Waals surface area contributed by atoms with E-state index in [2.05, 4.69) is 28.9 Å². The van der Waals surface area contributed by atoms with Crippen LogP contribution in [0.1, 0.15) is 98.1 Å². The largest absolute Gasteiger partial charge is 0.497 e. The summed E-state index contributed by atoms with van der Waals surface area (Å²) in [5, 5.41) is 4.96. The molecule has 58 heavy (non-hydrogen) atoms. The molecule has 6 rings (SSSR count). The van der Waals surface area contributed by atoms with Crippen molar-refractivity contribution in [2.24, 2.45) is 17.3 Å². The van der Waals surface area contributed by atoms with Crippen molar-refractivity contribution < 1.29 is 41.8 Å². The van der Waals surface area contributed by atoms with Gasteiger partial charge in [-0.25, -0.2) is 23.2 Å². The number of fused-ring (bicyclic) bond motifs is 1. The van der Waals surface area contributed by atoms with Gasteiger partial charge in [0, 0.05) is 18.4 Å². The number of aromatic nitrogens is 2. The molecule has 4 amide bonds. The van der Waals surface area contributed by atoms with Crippen LogP contribution in [-0.4, -0.2) is 95.8 Å². The Bertz CT molecular complexity index is 2050. The van der Waals surface area contributed by atoms with Crippen molar-refractivity contribution in [1.82, 2.24) is 30.2 Å². The average Bonchev–Trinajstić information content (AvgIpc) is 3.82. The minimum atomic E-state index is -3.96. The molecule has 16 heteroatoms. The lowest BCUT2D eigenvalue weighted by atomic mass is 9.73. The number of rotatable bonds is 16. The summed E-state index contributed by atoms with van der Waals surface area (Å²) in [4.78, 5) is 67.6. The third-order valence-electron chi connectivity index (χ3n) is 11.7. The maximum Gasteiger partial charge on any atom is 0.408 e. The van der Waals surface area contributed by atoms with E-state index < -0.39 is 74.1 Å². The van der Waals surface area contributed by atoms with Gasteiger partial charge in [0.2, 0.25) is 27.7 Å². The Morgan fingerprint density at radius 3 is 2.45 bits per heavy atom. The molecule has 1 saturated heterocycles. The van der Waals surface area contributed by atoms with Crippen molar-refractivity contribution in [3.05, 3.63) is 48.7 Å². The van der Waals surface area contributed by atoms with Crippen LogP contribution in [0, 0.1) is 17.3 Å². The summed E-state index contributed by atoms with van der Waals surface area (Å²) in [5.41, 5.74) is -0.798. The number of sulfonamides is 1. The van der Waals surface area contributed by atoms with E-state index in [0.29, 0.717) is 41.7 Å². The Labute approximate surface area is 341 Å². The Balaban J connectivity index is 1.31. The lowest BCUT2D eigenvalue weighted by Gasteiger charge is -2.42. The van der Waals surface area contributed by atoms with Crippen molar-refractivity contribution in [2.45, 2.75) is 134 Å². The number of carbonyl (C=O) groups is 4. The highest BCUT2D eigenvalue weighted by Crippen LogP contribution is 2.37. The standard InChI is InChI=1S/C42H58N6O9S/c1-8-12-25-14-11-15-34(25)57-40(52)45-35(41(4,5)6)38(50)48-24-28(56-37-31(13-9-2)43-30-19-16-27(55-7)22-32(30)44-37)23-33(48)36(49)46-42(21-20-26(42)10-3)39(51)47-58(53,54)29-17-18-29/h10,16,19-22,25-26,28-29,33-35H,3,8-9,11-15,17-18,23-24H2,1-2,4-7H3,(H,45,52)(H,46,49)(H,47,51). The molecule has 2 aromatic rings. The zero-order valence-electron chi connectivity index (χ0n) is 34.4. The highest BCUT2D eigenvalue weighted by molar-refractivity contribution is 7.91. The molecule has 0 spiro atoms. The molecule has 1 aromatic heterocycles. The van der Waals surface area contributed by atoms with Crippen LogP contribution in [0.25, 0.3) is 11.0 Å². The third-order valence-corrected chi connectivity index (χ3v) is 13.5. The monoisotopic (exact) mass is 822 g/mol. The Kier molecular flexibility index (Phi) is 12.7. The summed E-state index contributed by atoms with van der Waals surface area (Å²) < 4.78 is 45.8. The Morgan fingerprint density at radius 1 is 1.07 bits per heavy atom. The maximum absolute atomic E-state index is 14.8. The van der Waals surface area contributed by atoms with Gasteiger partial charge in [-0.2, -0.15) is 0 Å². The molecule has 0 radical (unpaired) electrons. The van der Waals surface area contributed by atoms with Gasteiger partial charge in [-0.3, -0.25) is 19.1 Å². The van der Waals surface area contributed by atoms with Crippen molar-refractivity contribution >= 4 is 44.9 Å². The number of carbonyl (C=O) groups excluding carboxylic acids is 4. The number of methoxy groups -OCH3 is 1. The van der Waals surface area contributed by atoms with E-state index in [1.807, 2.05) is 33.8 Å². The van der Waals surface area contributed by atoms with Crippen molar-refractivity contribution in [1.29, 1.82) is 0 Å². The predicted octanol–water partition coefficient (Wildman–Crippen LogP) is 4.88. The summed E-state index contributed by atoms with van der Waals surface area (Å²) in [6, 6.07) is 3.04. The van der Waals surface area contributed by atoms with Gasteiger partial charge >= 0.3 is 6.09 Å². The molecule has 7 unspecified atom stereocenters. The normalized spacial score (nSPS) is 26.0. The van der Waals surface area contributed by atoms with E-state index >= 15 is 0 Å². The first-order valence-corrected chi connectivity index (χ1v) is 22.1. The smallest absolute Gasteiger partial charge is 0.408 e. The second kappa shape index (κ2) is 17.2. The van der Waals surface area contributed by atoms with E-state index in [1.54, 1.807) is 25.3 Å². The molecule has 3 N–H and O–H groups in total. The number of amides is 4. The minimum Gasteiger partial charge on any atom is -0.497 e. The van der Waals surface area contributed by atoms with Crippen molar-refractivity contribution in [2.75, 3.05) is 13.7 Å². The number of alkyl carbamates (subject to hydrolysis) is 1. The van der Waals surface area contributed by atoms with Gasteiger partial charge in [-0.05, 0) is 68.4 Å². The molecule has 1 aromatic carbocycles. The number of ether oxygens (including phenoxy) is 3. The van der Waals surface area contributed by atoms with E-state index in [9.17, 15) is 27.6 Å². The molecule has 316 valence electrons. The molecule has 15 nitrogen and oxygen atoms in total. The second-order valence-electron chi connectivity index (χ2n) is 17.1. The molecule has 4 aliphatic rings. The molecule has 2 saturated carbocycles. The van der Waals surface area contributed by atoms with E-state index in [1.165, 1.54) is 17.1 Å². The lowest BCUT2D eigenvalue weighted by Crippen LogP contribution is -2.67. The van der Waals surface area contributed by atoms with Gasteiger partial charge < -0.3 is 29.7 Å². The fraction of sp³-hybridized carbons (Fsp3) is 0.619. The number of aryl methyl sites for hydroxylation is 1. The average molecular weight is 823 g/mol. The van der Waals surface area contributed by atoms with Crippen LogP contribution in [0.4, 0.5) is 4.79 Å². The Morgan fingerprint density at radius 2 is 1.83 bits per heavy atom. The molecule has 3 aliphatic carbocycles. The first-order valence-electron chi connectivity index (χ1n) is 20.5. The van der Waals surface area contributed by atoms with E-state index in [-0.39, 0.29) is 30.9 Å². The van der Waals surface area contributed by atoms with Crippen LogP contribution in [0.15, 0.2) is 43.0 Å². The summed E-state index contributed by atoms with van der Waals surface area (Å²) in [5.74, 6) is -1.80. The minimum absolute atomic E-state index is 0.0103. The first kappa shape index (κ1) is 42.9. The van der Waals surface area contributed by atoms with Gasteiger partial charge in [-0.15, -0.1) is 6.58 Å². The van der Waals surface area contributed by atoms with Crippen LogP contribution < -0.4 is 24.8 Å². The molecule has 7 atom stereocenters. The number of hydrogen-bond acceptors (Lipinski definition) is 11. The fourth-order valence-corrected chi connectivity index (χ4v) is 9.56. The van der Waals surface area contributed by atoms with Crippen molar-refractivity contribution in [3.63, 3.8) is 0 Å². The molecule has 0 bridgehead atoms. The summed E-state index contributed by atoms with van der Waals surface area (Å²) in [6.45, 7) is 13.3. The molecule has 3 fully saturated rings. The maximum atomic E-state index is 14.8. The number of likely N-dealkylation sites (tertiary alicyclic amines) is 1. The number of benzene rings is 1. The van der Waals surface area contributed by atoms with Crippen LogP contribution in [-0.2, 0) is 35.6 Å². The summed E-state index contributed by atoms with van der Waals surface area (Å²) in [7, 11) is -2.40. The van der Waals surface area contributed by atoms with E-state index in [4.69, 9.17) is 24.2 Å². The summed E-state index contributed by atoms with van der Waals surface area (Å²) >= 11 is 0. The zero-order valence-corrected chi connectivity index (χ0v) is 35.2. The van der Waals surface area contributed by atoms with Gasteiger partial charge in [0.15, 0.2) is 0 Å². The van der Waals surface area contributed by atoms with E-state index in [0.717, 1.165) is 38.5 Å². The van der Waals surface area contributed by atoms with Crippen LogP contribution >= 0.6 is 0 Å². The Hall–Kier alpha value is -4.73. The molecule has 2 heterocycles. The fourth-order valence-electron chi connectivity index (χ4n) is 8.21. The van der Waals surface area contributed by atoms with Crippen LogP contribution in [0.5, 0.6) is 11.6 Å². The first-order chi connectivity index (χ1) is 27.5. The third kappa shape index (κ3) is 9.11. The number of nitrogens with one attached hydrogen (secondary N) is 3. The second-order valence-corrected chi connectivity index (χ2v) is 19.0. The predicted molar refractivity (Wildman–Crippen MR) is 217 cm³/mol. The highest BCUT2D eigenvalue weighted by atomic mass is 32.2. The topological polar surface area (TPSA) is 195 Å².